The predicted octanol–water partition coefficient (Wildman–Crippen LogP) is 4.31. The molecule has 0 aliphatic rings. The Kier molecular flexibility index (Phi) is 17.3. The Morgan fingerprint density at radius 1 is 0.857 bits per heavy atom. The molecule has 11 heteroatoms. The molecule has 0 amide bonds. The van der Waals surface area contributed by atoms with Crippen molar-refractivity contribution in [1.82, 2.24) is 5.32 Å². The molecule has 0 radical (unpaired) electrons. The molecule has 0 saturated heterocycles. The SMILES string of the molecule is CCOC(=O)CC(NCCC[Si](OC)(O/N=C(\C)CC(C)C)O/N=C(\C)CC(C)C)C(=O)OCC. The van der Waals surface area contributed by atoms with E-state index in [-0.39, 0.29) is 19.6 Å². The molecular weight excluding hydrogens is 470 g/mol. The van der Waals surface area contributed by atoms with E-state index in [0.29, 0.717) is 30.8 Å². The van der Waals surface area contributed by atoms with E-state index in [2.05, 4.69) is 43.3 Å². The Labute approximate surface area is 212 Å². The van der Waals surface area contributed by atoms with Gasteiger partial charge in [-0.1, -0.05) is 27.7 Å². The summed E-state index contributed by atoms with van der Waals surface area (Å²) in [4.78, 5) is 24.2. The number of hydrogen-bond donors (Lipinski definition) is 1. The van der Waals surface area contributed by atoms with Gasteiger partial charge in [0.05, 0.1) is 31.1 Å². The number of rotatable bonds is 19. The van der Waals surface area contributed by atoms with Crippen molar-refractivity contribution in [3.8, 4) is 0 Å². The first-order valence-electron chi connectivity index (χ1n) is 12.5. The molecule has 0 fully saturated rings. The lowest BCUT2D eigenvalue weighted by molar-refractivity contribution is -0.152. The van der Waals surface area contributed by atoms with Crippen LogP contribution < -0.4 is 5.32 Å². The quantitative estimate of drug-likeness (QED) is 0.0885. The molecule has 0 heterocycles. The van der Waals surface area contributed by atoms with Gasteiger partial charge in [0, 0.05) is 13.2 Å². The van der Waals surface area contributed by atoms with E-state index >= 15 is 0 Å². The fourth-order valence-electron chi connectivity index (χ4n) is 3.29. The average Bonchev–Trinajstić information content (AvgIpc) is 2.76. The van der Waals surface area contributed by atoms with Crippen LogP contribution in [0, 0.1) is 11.8 Å². The van der Waals surface area contributed by atoms with Crippen LogP contribution in [0.2, 0.25) is 6.04 Å². The van der Waals surface area contributed by atoms with E-state index in [1.54, 1.807) is 13.8 Å². The summed E-state index contributed by atoms with van der Waals surface area (Å²) >= 11 is 0. The highest BCUT2D eigenvalue weighted by atomic mass is 28.4. The van der Waals surface area contributed by atoms with Gasteiger partial charge in [0.25, 0.3) is 0 Å². The first-order valence-corrected chi connectivity index (χ1v) is 14.5. The first kappa shape index (κ1) is 33.0. The summed E-state index contributed by atoms with van der Waals surface area (Å²) in [6, 6.07) is -0.394. The molecule has 0 aliphatic carbocycles. The fraction of sp³-hybridized carbons (Fsp3) is 0.833. The third-order valence-corrected chi connectivity index (χ3v) is 7.02. The van der Waals surface area contributed by atoms with Crippen molar-refractivity contribution in [2.45, 2.75) is 93.2 Å². The van der Waals surface area contributed by atoms with Crippen LogP contribution in [0.4, 0.5) is 0 Å². The third-order valence-electron chi connectivity index (χ3n) is 4.70. The van der Waals surface area contributed by atoms with Crippen LogP contribution in [0.15, 0.2) is 10.3 Å². The second-order valence-corrected chi connectivity index (χ2v) is 11.9. The molecule has 1 atom stereocenters. The molecule has 0 aromatic rings. The van der Waals surface area contributed by atoms with Gasteiger partial charge in [0.2, 0.25) is 0 Å². The number of nitrogens with zero attached hydrogens (tertiary/aromatic N) is 2. The Hall–Kier alpha value is -1.98. The molecule has 0 aliphatic heterocycles. The Morgan fingerprint density at radius 2 is 1.37 bits per heavy atom. The highest BCUT2D eigenvalue weighted by Gasteiger charge is 2.46. The van der Waals surface area contributed by atoms with Crippen molar-refractivity contribution < 1.29 is 32.5 Å². The molecule has 204 valence electrons. The number of nitrogens with one attached hydrogen (secondary N) is 1. The van der Waals surface area contributed by atoms with E-state index < -0.39 is 26.8 Å². The van der Waals surface area contributed by atoms with E-state index in [1.807, 2.05) is 13.8 Å². The lowest BCUT2D eigenvalue weighted by Gasteiger charge is -2.24. The van der Waals surface area contributed by atoms with Crippen LogP contribution in [0.5, 0.6) is 0 Å². The third kappa shape index (κ3) is 15.6. The highest BCUT2D eigenvalue weighted by molar-refractivity contribution is 6.60. The van der Waals surface area contributed by atoms with Gasteiger partial charge in [-0.15, -0.1) is 10.3 Å². The molecule has 0 spiro atoms. The minimum Gasteiger partial charge on any atom is -0.466 e. The van der Waals surface area contributed by atoms with E-state index in [1.165, 1.54) is 7.11 Å². The lowest BCUT2D eigenvalue weighted by Crippen LogP contribution is -2.44. The number of carbonyl (C=O) groups is 2. The van der Waals surface area contributed by atoms with Crippen LogP contribution in [0.3, 0.4) is 0 Å². The van der Waals surface area contributed by atoms with E-state index in [9.17, 15) is 9.59 Å². The van der Waals surface area contributed by atoms with Gasteiger partial charge in [0.15, 0.2) is 0 Å². The highest BCUT2D eigenvalue weighted by Crippen LogP contribution is 2.19. The normalized spacial score (nSPS) is 13.7. The summed E-state index contributed by atoms with van der Waals surface area (Å²) in [5, 5.41) is 11.6. The average molecular weight is 518 g/mol. The summed E-state index contributed by atoms with van der Waals surface area (Å²) in [5.74, 6) is -0.0745. The van der Waals surface area contributed by atoms with Crippen molar-refractivity contribution >= 4 is 32.2 Å². The van der Waals surface area contributed by atoms with Crippen molar-refractivity contribution in [3.05, 3.63) is 0 Å². The molecule has 0 bridgehead atoms. The topological polar surface area (TPSA) is 117 Å². The molecule has 0 rings (SSSR count). The van der Waals surface area contributed by atoms with E-state index in [0.717, 1.165) is 24.3 Å². The molecule has 35 heavy (non-hydrogen) atoms. The molecule has 1 unspecified atom stereocenters. The van der Waals surface area contributed by atoms with Crippen LogP contribution in [0.1, 0.15) is 81.1 Å². The Bertz CT molecular complexity index is 656. The molecule has 1 N–H and O–H groups in total. The molecule has 0 aromatic carbocycles. The van der Waals surface area contributed by atoms with Gasteiger partial charge in [-0.2, -0.15) is 0 Å². The van der Waals surface area contributed by atoms with Gasteiger partial charge in [-0.05, 0) is 65.3 Å². The second kappa shape index (κ2) is 18.3. The zero-order valence-electron chi connectivity index (χ0n) is 23.1. The van der Waals surface area contributed by atoms with Crippen molar-refractivity contribution in [2.24, 2.45) is 22.1 Å². The van der Waals surface area contributed by atoms with E-state index in [4.69, 9.17) is 23.0 Å². The van der Waals surface area contributed by atoms with Gasteiger partial charge >= 0.3 is 20.7 Å². The number of ether oxygens (including phenoxy) is 2. The lowest BCUT2D eigenvalue weighted by atomic mass is 10.1. The number of hydrogen-bond acceptors (Lipinski definition) is 10. The Balaban J connectivity index is 5.34. The standard InChI is InChI=1S/C24H47N3O7Si/c1-10-31-23(28)17-22(24(29)32-11-2)25-13-12-14-35(30-9,33-26-20(7)15-18(3)4)34-27-21(8)16-19(5)6/h18-19,22,25H,10-17H2,1-9H3/b26-20+,27-21+. The smallest absolute Gasteiger partial charge is 0.466 e. The predicted molar refractivity (Wildman–Crippen MR) is 139 cm³/mol. The van der Waals surface area contributed by atoms with Crippen molar-refractivity contribution in [1.29, 1.82) is 0 Å². The minimum atomic E-state index is -3.28. The summed E-state index contributed by atoms with van der Waals surface area (Å²) in [6.07, 6.45) is 2.02. The maximum absolute atomic E-state index is 12.3. The summed E-state index contributed by atoms with van der Waals surface area (Å²) in [6.45, 7) is 16.6. The van der Waals surface area contributed by atoms with Crippen molar-refractivity contribution in [2.75, 3.05) is 26.9 Å². The summed E-state index contributed by atoms with van der Waals surface area (Å²) in [5.41, 5.74) is 1.69. The zero-order valence-corrected chi connectivity index (χ0v) is 24.1. The Morgan fingerprint density at radius 3 is 1.80 bits per heavy atom. The molecule has 0 saturated carbocycles. The van der Waals surface area contributed by atoms with Gasteiger partial charge in [0.1, 0.15) is 6.04 Å². The number of oxime groups is 2. The maximum Gasteiger partial charge on any atom is 0.673 e. The van der Waals surface area contributed by atoms with Gasteiger partial charge in [-0.25, -0.2) is 0 Å². The van der Waals surface area contributed by atoms with Crippen molar-refractivity contribution in [3.63, 3.8) is 0 Å². The van der Waals surface area contributed by atoms with Crippen LogP contribution in [-0.4, -0.2) is 65.1 Å². The largest absolute Gasteiger partial charge is 0.673 e. The van der Waals surface area contributed by atoms with Gasteiger partial charge in [-0.3, -0.25) is 9.59 Å². The molecular formula is C24H47N3O7Si. The number of carbonyl (C=O) groups excluding carboxylic acids is 2. The maximum atomic E-state index is 12.3. The second-order valence-electron chi connectivity index (χ2n) is 9.29. The summed E-state index contributed by atoms with van der Waals surface area (Å²) in [7, 11) is -1.75. The van der Waals surface area contributed by atoms with Crippen LogP contribution in [0.25, 0.3) is 0 Å². The fourth-order valence-corrected chi connectivity index (χ4v) is 5.05. The van der Waals surface area contributed by atoms with Gasteiger partial charge < -0.3 is 28.3 Å². The first-order chi connectivity index (χ1) is 16.5. The zero-order chi connectivity index (χ0) is 26.9. The summed E-state index contributed by atoms with van der Waals surface area (Å²) < 4.78 is 27.5. The van der Waals surface area contributed by atoms with Crippen LogP contribution >= 0.6 is 0 Å². The van der Waals surface area contributed by atoms with Crippen LogP contribution in [-0.2, 0) is 32.5 Å². The monoisotopic (exact) mass is 517 g/mol. The molecule has 10 nitrogen and oxygen atoms in total. The minimum absolute atomic E-state index is 0.107. The molecule has 0 aromatic heterocycles. The number of esters is 2.